The van der Waals surface area contributed by atoms with Crippen LogP contribution in [0.3, 0.4) is 0 Å². The van der Waals surface area contributed by atoms with E-state index in [9.17, 15) is 0 Å². The van der Waals surface area contributed by atoms with Crippen molar-refractivity contribution in [3.8, 4) is 16.9 Å². The van der Waals surface area contributed by atoms with Gasteiger partial charge in [0.2, 0.25) is 0 Å². The lowest BCUT2D eigenvalue weighted by molar-refractivity contribution is 0.271. The maximum Gasteiger partial charge on any atom is 0.119 e. The highest BCUT2D eigenvalue weighted by Gasteiger charge is 2.15. The molecule has 0 amide bonds. The Morgan fingerprint density at radius 2 is 1.35 bits per heavy atom. The molecule has 6 aromatic carbocycles. The summed E-state index contributed by atoms with van der Waals surface area (Å²) in [6.07, 6.45) is 0. The second-order valence-electron chi connectivity index (χ2n) is 8.87. The number of hydrogen-bond acceptors (Lipinski definition) is 1. The first-order valence-corrected chi connectivity index (χ1v) is 11.0. The van der Waals surface area contributed by atoms with Gasteiger partial charge < -0.3 is 4.74 Å². The van der Waals surface area contributed by atoms with Crippen LogP contribution in [-0.2, 0) is 0 Å². The molecule has 0 N–H and O–H groups in total. The zero-order valence-corrected chi connectivity index (χ0v) is 17.9. The fraction of sp³-hybridized carbons (Fsp3) is 0.133. The largest absolute Gasteiger partial charge is 0.493 e. The van der Waals surface area contributed by atoms with Crippen LogP contribution in [0.1, 0.15) is 13.8 Å². The molecule has 6 rings (SSSR count). The molecule has 6 aromatic rings. The van der Waals surface area contributed by atoms with Crippen LogP contribution in [-0.4, -0.2) is 6.61 Å². The van der Waals surface area contributed by atoms with Gasteiger partial charge in [0.05, 0.1) is 6.61 Å². The monoisotopic (exact) mass is 400 g/mol. The van der Waals surface area contributed by atoms with Crippen molar-refractivity contribution < 1.29 is 4.74 Å². The molecule has 0 aromatic heterocycles. The number of benzene rings is 6. The Balaban J connectivity index is 1.62. The molecule has 31 heavy (non-hydrogen) atoms. The molecule has 0 aliphatic rings. The summed E-state index contributed by atoms with van der Waals surface area (Å²) in [5, 5.41) is 10.6. The molecule has 1 nitrogen and oxygen atoms in total. The van der Waals surface area contributed by atoms with Crippen molar-refractivity contribution in [2.45, 2.75) is 13.8 Å². The third-order valence-electron chi connectivity index (χ3n) is 6.23. The average Bonchev–Trinajstić information content (AvgIpc) is 2.81. The highest BCUT2D eigenvalue weighted by molar-refractivity contribution is 6.31. The van der Waals surface area contributed by atoms with E-state index in [1.807, 2.05) is 0 Å². The standard InChI is InChI=1S/C30H24O/c1-19(2)18-31-24-13-10-20(11-14-24)28-17-23-16-22-6-3-4-8-25(22)27-15-12-21-7-5-9-26(28)29(21)30(23)27/h3-17,19H,18H2,1-2H3. The lowest BCUT2D eigenvalue weighted by atomic mass is 9.87. The molecule has 0 aliphatic carbocycles. The quantitative estimate of drug-likeness (QED) is 0.213. The Morgan fingerprint density at radius 3 is 2.19 bits per heavy atom. The van der Waals surface area contributed by atoms with Crippen molar-refractivity contribution in [2.24, 2.45) is 5.92 Å². The predicted molar refractivity (Wildman–Crippen MR) is 133 cm³/mol. The van der Waals surface area contributed by atoms with Gasteiger partial charge in [-0.3, -0.25) is 0 Å². The molecule has 0 atom stereocenters. The summed E-state index contributed by atoms with van der Waals surface area (Å²) in [5.74, 6) is 1.45. The third-order valence-corrected chi connectivity index (χ3v) is 6.23. The molecule has 1 heteroatoms. The van der Waals surface area contributed by atoms with E-state index in [4.69, 9.17) is 4.74 Å². The molecule has 0 saturated carbocycles. The van der Waals surface area contributed by atoms with E-state index < -0.39 is 0 Å². The van der Waals surface area contributed by atoms with Crippen LogP contribution in [0, 0.1) is 5.92 Å². The van der Waals surface area contributed by atoms with Gasteiger partial charge in [0.1, 0.15) is 5.75 Å². The number of hydrogen-bond donors (Lipinski definition) is 0. The summed E-state index contributed by atoms with van der Waals surface area (Å²) < 4.78 is 5.90. The smallest absolute Gasteiger partial charge is 0.119 e. The lowest BCUT2D eigenvalue weighted by Gasteiger charge is -2.17. The molecular formula is C30H24O. The molecule has 0 bridgehead atoms. The maximum absolute atomic E-state index is 5.90. The van der Waals surface area contributed by atoms with Gasteiger partial charge in [-0.15, -0.1) is 0 Å². The molecule has 0 spiro atoms. The van der Waals surface area contributed by atoms with E-state index in [0.29, 0.717) is 5.92 Å². The highest BCUT2D eigenvalue weighted by atomic mass is 16.5. The lowest BCUT2D eigenvalue weighted by Crippen LogP contribution is -2.04. The maximum atomic E-state index is 5.90. The second-order valence-corrected chi connectivity index (χ2v) is 8.87. The van der Waals surface area contributed by atoms with Crippen molar-refractivity contribution in [2.75, 3.05) is 6.61 Å². The molecule has 0 heterocycles. The minimum absolute atomic E-state index is 0.519. The highest BCUT2D eigenvalue weighted by Crippen LogP contribution is 2.42. The number of rotatable bonds is 4. The van der Waals surface area contributed by atoms with E-state index >= 15 is 0 Å². The Kier molecular flexibility index (Phi) is 4.11. The fourth-order valence-corrected chi connectivity index (χ4v) is 4.82. The van der Waals surface area contributed by atoms with Crippen molar-refractivity contribution in [3.05, 3.63) is 91.0 Å². The van der Waals surface area contributed by atoms with E-state index in [1.54, 1.807) is 0 Å². The second kappa shape index (κ2) is 6.99. The number of fused-ring (bicyclic) bond motifs is 2. The van der Waals surface area contributed by atoms with Crippen molar-refractivity contribution in [1.82, 2.24) is 0 Å². The van der Waals surface area contributed by atoms with Crippen LogP contribution in [0.2, 0.25) is 0 Å². The van der Waals surface area contributed by atoms with Crippen molar-refractivity contribution >= 4 is 43.1 Å². The summed E-state index contributed by atoms with van der Waals surface area (Å²) >= 11 is 0. The summed E-state index contributed by atoms with van der Waals surface area (Å²) in [6.45, 7) is 5.08. The molecule has 150 valence electrons. The predicted octanol–water partition coefficient (Wildman–Crippen LogP) is 8.44. The number of ether oxygens (including phenoxy) is 1. The van der Waals surface area contributed by atoms with Crippen LogP contribution in [0.4, 0.5) is 0 Å². The Morgan fingerprint density at radius 1 is 0.613 bits per heavy atom. The summed E-state index contributed by atoms with van der Waals surface area (Å²) in [7, 11) is 0. The molecule has 0 radical (unpaired) electrons. The van der Waals surface area contributed by atoms with Gasteiger partial charge in [0, 0.05) is 0 Å². The minimum atomic E-state index is 0.519. The van der Waals surface area contributed by atoms with Crippen molar-refractivity contribution in [1.29, 1.82) is 0 Å². The van der Waals surface area contributed by atoms with Gasteiger partial charge in [-0.25, -0.2) is 0 Å². The third kappa shape index (κ3) is 2.92. The summed E-state index contributed by atoms with van der Waals surface area (Å²) in [6, 6.07) is 33.2. The van der Waals surface area contributed by atoms with E-state index in [1.165, 1.54) is 54.2 Å². The van der Waals surface area contributed by atoms with Crippen LogP contribution in [0.5, 0.6) is 5.75 Å². The van der Waals surface area contributed by atoms with Crippen LogP contribution in [0.15, 0.2) is 91.0 Å². The Bertz CT molecular complexity index is 1540. The summed E-state index contributed by atoms with van der Waals surface area (Å²) in [4.78, 5) is 0. The molecule has 0 saturated heterocycles. The van der Waals surface area contributed by atoms with E-state index in [0.717, 1.165) is 12.4 Å². The normalized spacial score (nSPS) is 12.0. The molecule has 0 unspecified atom stereocenters. The first kappa shape index (κ1) is 18.2. The van der Waals surface area contributed by atoms with Gasteiger partial charge in [0.15, 0.2) is 0 Å². The first-order valence-electron chi connectivity index (χ1n) is 11.0. The molecular weight excluding hydrogens is 376 g/mol. The molecule has 0 fully saturated rings. The van der Waals surface area contributed by atoms with E-state index in [2.05, 4.69) is 105 Å². The van der Waals surface area contributed by atoms with Gasteiger partial charge in [0.25, 0.3) is 0 Å². The van der Waals surface area contributed by atoms with E-state index in [-0.39, 0.29) is 0 Å². The average molecular weight is 401 g/mol. The zero-order valence-electron chi connectivity index (χ0n) is 17.9. The SMILES string of the molecule is CC(C)COc1ccc(-c2cc3cc4ccccc4c4ccc5cccc2c5c34)cc1. The topological polar surface area (TPSA) is 9.23 Å². The van der Waals surface area contributed by atoms with Gasteiger partial charge in [-0.1, -0.05) is 80.6 Å². The molecule has 0 aliphatic heterocycles. The van der Waals surface area contributed by atoms with Gasteiger partial charge >= 0.3 is 0 Å². The Hall–Kier alpha value is -3.58. The Labute approximate surface area is 182 Å². The van der Waals surface area contributed by atoms with Gasteiger partial charge in [-0.05, 0) is 84.4 Å². The van der Waals surface area contributed by atoms with Crippen molar-refractivity contribution in [3.63, 3.8) is 0 Å². The summed E-state index contributed by atoms with van der Waals surface area (Å²) in [5.41, 5.74) is 2.50. The fourth-order valence-electron chi connectivity index (χ4n) is 4.82. The van der Waals surface area contributed by atoms with Crippen LogP contribution in [0.25, 0.3) is 54.2 Å². The minimum Gasteiger partial charge on any atom is -0.493 e. The first-order chi connectivity index (χ1) is 15.2. The van der Waals surface area contributed by atoms with Crippen LogP contribution < -0.4 is 4.74 Å². The van der Waals surface area contributed by atoms with Crippen LogP contribution >= 0.6 is 0 Å². The zero-order chi connectivity index (χ0) is 20.9. The van der Waals surface area contributed by atoms with Gasteiger partial charge in [-0.2, -0.15) is 0 Å².